The number of carbonyl (C=O) groups is 1. The van der Waals surface area contributed by atoms with Crippen molar-refractivity contribution in [3.05, 3.63) is 0 Å². The van der Waals surface area contributed by atoms with Crippen LogP contribution in [0.5, 0.6) is 0 Å². The van der Waals surface area contributed by atoms with Crippen molar-refractivity contribution in [2.45, 2.75) is 59.0 Å². The standard InChI is InChI=1S/C13H28N2OS/c1-5-12(14)8-17-9-13(16)15-11(4)7-6-10(2)3/h10-12H,5-9,14H2,1-4H3,(H,15,16). The highest BCUT2D eigenvalue weighted by atomic mass is 32.2. The maximum absolute atomic E-state index is 11.6. The summed E-state index contributed by atoms with van der Waals surface area (Å²) in [6.45, 7) is 8.55. The second-order valence-electron chi connectivity index (χ2n) is 5.12. The van der Waals surface area contributed by atoms with Gasteiger partial charge in [0.1, 0.15) is 0 Å². The van der Waals surface area contributed by atoms with E-state index < -0.39 is 0 Å². The van der Waals surface area contributed by atoms with E-state index in [9.17, 15) is 4.79 Å². The lowest BCUT2D eigenvalue weighted by atomic mass is 10.0. The molecule has 0 rings (SSSR count). The predicted octanol–water partition coefficient (Wildman–Crippen LogP) is 2.40. The molecule has 0 fully saturated rings. The Kier molecular flexibility index (Phi) is 9.65. The maximum Gasteiger partial charge on any atom is 0.230 e. The molecule has 3 nitrogen and oxygen atoms in total. The summed E-state index contributed by atoms with van der Waals surface area (Å²) >= 11 is 1.62. The first-order chi connectivity index (χ1) is 7.95. The molecular formula is C13H28N2OS. The molecule has 0 heterocycles. The van der Waals surface area contributed by atoms with Gasteiger partial charge in [-0.3, -0.25) is 4.79 Å². The Balaban J connectivity index is 3.57. The third kappa shape index (κ3) is 10.6. The molecule has 1 amide bonds. The number of nitrogens with two attached hydrogens (primary N) is 1. The molecule has 0 saturated heterocycles. The van der Waals surface area contributed by atoms with E-state index in [0.29, 0.717) is 11.7 Å². The van der Waals surface area contributed by atoms with Crippen molar-refractivity contribution in [2.75, 3.05) is 11.5 Å². The van der Waals surface area contributed by atoms with E-state index in [0.717, 1.165) is 25.0 Å². The van der Waals surface area contributed by atoms with Gasteiger partial charge in [-0.2, -0.15) is 11.8 Å². The minimum Gasteiger partial charge on any atom is -0.353 e. The SMILES string of the molecule is CCC(N)CSCC(=O)NC(C)CCC(C)C. The molecule has 3 N–H and O–H groups in total. The second kappa shape index (κ2) is 9.77. The fourth-order valence-corrected chi connectivity index (χ4v) is 2.32. The normalized spacial score (nSPS) is 14.7. The molecule has 0 bridgehead atoms. The summed E-state index contributed by atoms with van der Waals surface area (Å²) in [6.07, 6.45) is 3.19. The summed E-state index contributed by atoms with van der Waals surface area (Å²) in [5, 5.41) is 3.03. The van der Waals surface area contributed by atoms with Gasteiger partial charge in [-0.15, -0.1) is 0 Å². The fourth-order valence-electron chi connectivity index (χ4n) is 1.39. The first kappa shape index (κ1) is 16.8. The zero-order valence-corrected chi connectivity index (χ0v) is 12.5. The van der Waals surface area contributed by atoms with Crippen molar-refractivity contribution in [3.8, 4) is 0 Å². The molecule has 0 spiro atoms. The monoisotopic (exact) mass is 260 g/mol. The molecular weight excluding hydrogens is 232 g/mol. The molecule has 0 aromatic heterocycles. The van der Waals surface area contributed by atoms with Gasteiger partial charge in [0.2, 0.25) is 5.91 Å². The van der Waals surface area contributed by atoms with Gasteiger partial charge in [0, 0.05) is 17.8 Å². The third-order valence-corrected chi connectivity index (χ3v) is 3.80. The van der Waals surface area contributed by atoms with Crippen LogP contribution in [0.1, 0.15) is 47.0 Å². The van der Waals surface area contributed by atoms with Gasteiger partial charge in [0.15, 0.2) is 0 Å². The Morgan fingerprint density at radius 1 is 1.29 bits per heavy atom. The Morgan fingerprint density at radius 2 is 1.94 bits per heavy atom. The van der Waals surface area contributed by atoms with E-state index in [2.05, 4.69) is 33.0 Å². The van der Waals surface area contributed by atoms with Crippen LogP contribution in [0.3, 0.4) is 0 Å². The number of thioether (sulfide) groups is 1. The van der Waals surface area contributed by atoms with Crippen LogP contribution in [-0.2, 0) is 4.79 Å². The molecule has 0 aliphatic carbocycles. The summed E-state index contributed by atoms with van der Waals surface area (Å²) in [5.74, 6) is 2.23. The quantitative estimate of drug-likeness (QED) is 0.669. The number of carbonyl (C=O) groups excluding carboxylic acids is 1. The molecule has 2 unspecified atom stereocenters. The van der Waals surface area contributed by atoms with Gasteiger partial charge in [-0.1, -0.05) is 20.8 Å². The summed E-state index contributed by atoms with van der Waals surface area (Å²) in [7, 11) is 0. The zero-order valence-electron chi connectivity index (χ0n) is 11.7. The first-order valence-electron chi connectivity index (χ1n) is 6.58. The molecule has 4 heteroatoms. The fraction of sp³-hybridized carbons (Fsp3) is 0.923. The summed E-state index contributed by atoms with van der Waals surface area (Å²) in [6, 6.07) is 0.497. The van der Waals surface area contributed by atoms with Crippen LogP contribution in [0.4, 0.5) is 0 Å². The van der Waals surface area contributed by atoms with Crippen molar-refractivity contribution in [3.63, 3.8) is 0 Å². The van der Waals surface area contributed by atoms with Crippen molar-refractivity contribution < 1.29 is 4.79 Å². The van der Waals surface area contributed by atoms with Gasteiger partial charge in [-0.05, 0) is 32.1 Å². The second-order valence-corrected chi connectivity index (χ2v) is 6.15. The minimum absolute atomic E-state index is 0.134. The Labute approximate surface area is 110 Å². The van der Waals surface area contributed by atoms with Crippen LogP contribution in [0, 0.1) is 5.92 Å². The number of rotatable bonds is 9. The number of amides is 1. The van der Waals surface area contributed by atoms with E-state index in [1.165, 1.54) is 0 Å². The van der Waals surface area contributed by atoms with Crippen LogP contribution in [0.25, 0.3) is 0 Å². The molecule has 0 aliphatic heterocycles. The van der Waals surface area contributed by atoms with Crippen LogP contribution in [0.15, 0.2) is 0 Å². The van der Waals surface area contributed by atoms with Gasteiger partial charge in [-0.25, -0.2) is 0 Å². The van der Waals surface area contributed by atoms with Crippen molar-refractivity contribution in [2.24, 2.45) is 11.7 Å². The van der Waals surface area contributed by atoms with E-state index in [4.69, 9.17) is 5.73 Å². The van der Waals surface area contributed by atoms with E-state index in [-0.39, 0.29) is 18.0 Å². The lowest BCUT2D eigenvalue weighted by Crippen LogP contribution is -2.34. The van der Waals surface area contributed by atoms with E-state index in [1.807, 2.05) is 0 Å². The summed E-state index contributed by atoms with van der Waals surface area (Å²) < 4.78 is 0. The molecule has 0 aromatic carbocycles. The first-order valence-corrected chi connectivity index (χ1v) is 7.73. The van der Waals surface area contributed by atoms with Gasteiger partial charge < -0.3 is 11.1 Å². The molecule has 0 aliphatic rings. The smallest absolute Gasteiger partial charge is 0.230 e. The van der Waals surface area contributed by atoms with Crippen LogP contribution in [0.2, 0.25) is 0 Å². The number of hydrogen-bond donors (Lipinski definition) is 2. The average molecular weight is 260 g/mol. The van der Waals surface area contributed by atoms with Gasteiger partial charge in [0.25, 0.3) is 0 Å². The number of hydrogen-bond acceptors (Lipinski definition) is 3. The zero-order chi connectivity index (χ0) is 13.3. The molecule has 2 atom stereocenters. The van der Waals surface area contributed by atoms with E-state index >= 15 is 0 Å². The number of nitrogens with one attached hydrogen (secondary N) is 1. The molecule has 17 heavy (non-hydrogen) atoms. The maximum atomic E-state index is 11.6. The largest absolute Gasteiger partial charge is 0.353 e. The summed E-state index contributed by atoms with van der Waals surface area (Å²) in [4.78, 5) is 11.6. The topological polar surface area (TPSA) is 55.1 Å². The highest BCUT2D eigenvalue weighted by Crippen LogP contribution is 2.07. The van der Waals surface area contributed by atoms with E-state index in [1.54, 1.807) is 11.8 Å². The van der Waals surface area contributed by atoms with Crippen molar-refractivity contribution >= 4 is 17.7 Å². The van der Waals surface area contributed by atoms with Crippen LogP contribution < -0.4 is 11.1 Å². The molecule has 0 radical (unpaired) electrons. The minimum atomic E-state index is 0.134. The predicted molar refractivity (Wildman–Crippen MR) is 77.3 cm³/mol. The molecule has 0 aromatic rings. The van der Waals surface area contributed by atoms with Gasteiger partial charge >= 0.3 is 0 Å². The summed E-state index contributed by atoms with van der Waals surface area (Å²) in [5.41, 5.74) is 5.79. The highest BCUT2D eigenvalue weighted by molar-refractivity contribution is 7.99. The van der Waals surface area contributed by atoms with Crippen molar-refractivity contribution in [1.82, 2.24) is 5.32 Å². The average Bonchev–Trinajstić information content (AvgIpc) is 2.26. The lowest BCUT2D eigenvalue weighted by Gasteiger charge is -2.15. The molecule has 102 valence electrons. The van der Waals surface area contributed by atoms with Crippen molar-refractivity contribution in [1.29, 1.82) is 0 Å². The highest BCUT2D eigenvalue weighted by Gasteiger charge is 2.08. The van der Waals surface area contributed by atoms with Crippen LogP contribution in [-0.4, -0.2) is 29.5 Å². The Morgan fingerprint density at radius 3 is 2.47 bits per heavy atom. The Bertz CT molecular complexity index is 210. The van der Waals surface area contributed by atoms with Crippen LogP contribution >= 0.6 is 11.8 Å². The lowest BCUT2D eigenvalue weighted by molar-refractivity contribution is -0.119. The van der Waals surface area contributed by atoms with Gasteiger partial charge in [0.05, 0.1) is 5.75 Å². The Hall–Kier alpha value is -0.220. The molecule has 0 saturated carbocycles. The third-order valence-electron chi connectivity index (χ3n) is 2.67.